The second-order valence-electron chi connectivity index (χ2n) is 10.1. The molecule has 0 radical (unpaired) electrons. The molecule has 6 nitrogen and oxygen atoms in total. The fourth-order valence-electron chi connectivity index (χ4n) is 5.30. The average Bonchev–Trinajstić information content (AvgIpc) is 3.34. The topological polar surface area (TPSA) is 73.3 Å². The van der Waals surface area contributed by atoms with E-state index in [2.05, 4.69) is 17.1 Å². The molecule has 0 saturated heterocycles. The minimum Gasteiger partial charge on any atom is -0.468 e. The number of benzene rings is 2. The normalized spacial score (nSPS) is 18.5. The predicted molar refractivity (Wildman–Crippen MR) is 132 cm³/mol. The Bertz CT molecular complexity index is 1410. The summed E-state index contributed by atoms with van der Waals surface area (Å²) in [5.41, 5.74) is 3.21. The van der Waals surface area contributed by atoms with Gasteiger partial charge in [-0.1, -0.05) is 30.7 Å². The van der Waals surface area contributed by atoms with Crippen molar-refractivity contribution in [2.24, 2.45) is 0 Å². The fourth-order valence-corrected chi connectivity index (χ4v) is 5.30. The van der Waals surface area contributed by atoms with E-state index in [9.17, 15) is 9.59 Å². The van der Waals surface area contributed by atoms with Crippen molar-refractivity contribution in [3.8, 4) is 0 Å². The van der Waals surface area contributed by atoms with Gasteiger partial charge in [-0.2, -0.15) is 0 Å². The van der Waals surface area contributed by atoms with E-state index < -0.39 is 17.1 Å². The SMILES string of the molecule is COC(=O)[C@]1(c2ccc3c(ccn3C(=O)OC(C)(C)C)c2)CCCCc2c1[nH]c1ccccc21. The van der Waals surface area contributed by atoms with Crippen molar-refractivity contribution >= 4 is 33.9 Å². The molecule has 0 unspecified atom stereocenters. The number of aryl methyl sites for hydroxylation is 1. The van der Waals surface area contributed by atoms with Crippen LogP contribution in [0.25, 0.3) is 21.8 Å². The van der Waals surface area contributed by atoms with Gasteiger partial charge in [0.05, 0.1) is 12.6 Å². The predicted octanol–water partition coefficient (Wildman–Crippen LogP) is 6.09. The summed E-state index contributed by atoms with van der Waals surface area (Å²) in [7, 11) is 1.45. The Kier molecular flexibility index (Phi) is 5.27. The lowest BCUT2D eigenvalue weighted by Gasteiger charge is -2.31. The van der Waals surface area contributed by atoms with E-state index in [1.807, 2.05) is 57.2 Å². The number of rotatable bonds is 2. The first-order valence-corrected chi connectivity index (χ1v) is 11.8. The molecule has 0 aliphatic heterocycles. The molecule has 0 bridgehead atoms. The van der Waals surface area contributed by atoms with E-state index in [1.54, 1.807) is 6.20 Å². The summed E-state index contributed by atoms with van der Waals surface area (Å²) in [6.45, 7) is 5.54. The third-order valence-corrected chi connectivity index (χ3v) is 6.78. The molecular formula is C28H30N2O4. The maximum atomic E-state index is 13.6. The maximum Gasteiger partial charge on any atom is 0.418 e. The number of para-hydroxylation sites is 1. The van der Waals surface area contributed by atoms with Gasteiger partial charge in [0.2, 0.25) is 0 Å². The molecule has 1 N–H and O–H groups in total. The minimum absolute atomic E-state index is 0.270. The van der Waals surface area contributed by atoms with Gasteiger partial charge in [0, 0.05) is 28.2 Å². The largest absolute Gasteiger partial charge is 0.468 e. The molecule has 34 heavy (non-hydrogen) atoms. The Balaban J connectivity index is 1.69. The van der Waals surface area contributed by atoms with Gasteiger partial charge in [0.1, 0.15) is 11.0 Å². The monoisotopic (exact) mass is 458 g/mol. The van der Waals surface area contributed by atoms with Crippen LogP contribution in [0.3, 0.4) is 0 Å². The summed E-state index contributed by atoms with van der Waals surface area (Å²) < 4.78 is 12.5. The smallest absolute Gasteiger partial charge is 0.418 e. The summed E-state index contributed by atoms with van der Waals surface area (Å²) >= 11 is 0. The Morgan fingerprint density at radius 3 is 2.62 bits per heavy atom. The average molecular weight is 459 g/mol. The molecule has 4 aromatic rings. The van der Waals surface area contributed by atoms with Gasteiger partial charge in [-0.3, -0.25) is 9.36 Å². The first-order valence-electron chi connectivity index (χ1n) is 11.8. The number of methoxy groups -OCH3 is 1. The van der Waals surface area contributed by atoms with Crippen LogP contribution in [0.15, 0.2) is 54.7 Å². The number of esters is 1. The molecule has 0 fully saturated rings. The summed E-state index contributed by atoms with van der Waals surface area (Å²) in [5, 5.41) is 2.03. The number of hydrogen-bond acceptors (Lipinski definition) is 4. The second kappa shape index (κ2) is 8.05. The molecule has 6 heteroatoms. The zero-order valence-corrected chi connectivity index (χ0v) is 20.1. The highest BCUT2D eigenvalue weighted by Crippen LogP contribution is 2.45. The van der Waals surface area contributed by atoms with Crippen molar-refractivity contribution in [3.05, 3.63) is 71.5 Å². The van der Waals surface area contributed by atoms with Gasteiger partial charge >= 0.3 is 12.1 Å². The van der Waals surface area contributed by atoms with E-state index in [4.69, 9.17) is 9.47 Å². The highest BCUT2D eigenvalue weighted by Gasteiger charge is 2.47. The number of fused-ring (bicyclic) bond motifs is 4. The van der Waals surface area contributed by atoms with Gasteiger partial charge < -0.3 is 14.5 Å². The van der Waals surface area contributed by atoms with E-state index in [-0.39, 0.29) is 5.97 Å². The van der Waals surface area contributed by atoms with Crippen LogP contribution >= 0.6 is 0 Å². The molecule has 0 spiro atoms. The van der Waals surface area contributed by atoms with Crippen LogP contribution in [0.4, 0.5) is 4.79 Å². The number of carbonyl (C=O) groups excluding carboxylic acids is 2. The van der Waals surface area contributed by atoms with E-state index in [1.165, 1.54) is 17.2 Å². The Morgan fingerprint density at radius 1 is 1.06 bits per heavy atom. The summed E-state index contributed by atoms with van der Waals surface area (Å²) in [6, 6.07) is 15.9. The van der Waals surface area contributed by atoms with Crippen LogP contribution < -0.4 is 0 Å². The highest BCUT2D eigenvalue weighted by molar-refractivity contribution is 5.95. The molecule has 2 aromatic carbocycles. The Morgan fingerprint density at radius 2 is 1.85 bits per heavy atom. The molecule has 1 aliphatic rings. The number of carbonyl (C=O) groups is 2. The lowest BCUT2D eigenvalue weighted by atomic mass is 9.73. The van der Waals surface area contributed by atoms with Crippen molar-refractivity contribution in [2.75, 3.05) is 7.11 Å². The van der Waals surface area contributed by atoms with Gasteiger partial charge in [0.15, 0.2) is 0 Å². The number of nitrogens with zero attached hydrogens (tertiary/aromatic N) is 1. The fraction of sp³-hybridized carbons (Fsp3) is 0.357. The lowest BCUT2D eigenvalue weighted by molar-refractivity contribution is -0.146. The van der Waals surface area contributed by atoms with Crippen molar-refractivity contribution in [2.45, 2.75) is 57.5 Å². The molecular weight excluding hydrogens is 428 g/mol. The van der Waals surface area contributed by atoms with Crippen LogP contribution in [-0.4, -0.2) is 34.3 Å². The quantitative estimate of drug-likeness (QED) is 0.291. The van der Waals surface area contributed by atoms with Crippen LogP contribution in [0.5, 0.6) is 0 Å². The number of hydrogen-bond donors (Lipinski definition) is 1. The van der Waals surface area contributed by atoms with Crippen LogP contribution in [0.1, 0.15) is 56.9 Å². The zero-order valence-electron chi connectivity index (χ0n) is 20.1. The molecule has 2 aromatic heterocycles. The molecule has 0 saturated carbocycles. The van der Waals surface area contributed by atoms with Crippen molar-refractivity contribution in [1.82, 2.24) is 9.55 Å². The van der Waals surface area contributed by atoms with Crippen molar-refractivity contribution in [3.63, 3.8) is 0 Å². The number of H-pyrrole nitrogens is 1. The van der Waals surface area contributed by atoms with Gasteiger partial charge in [-0.05, 0) is 75.4 Å². The number of aromatic amines is 1. The minimum atomic E-state index is -0.943. The van der Waals surface area contributed by atoms with Crippen molar-refractivity contribution in [1.29, 1.82) is 0 Å². The van der Waals surface area contributed by atoms with E-state index in [0.717, 1.165) is 52.3 Å². The summed E-state index contributed by atoms with van der Waals surface area (Å²) in [6.07, 6.45) is 4.76. The van der Waals surface area contributed by atoms with Gasteiger partial charge in [-0.25, -0.2) is 4.79 Å². The highest BCUT2D eigenvalue weighted by atomic mass is 16.6. The zero-order chi connectivity index (χ0) is 24.1. The summed E-state index contributed by atoms with van der Waals surface area (Å²) in [4.78, 5) is 29.9. The van der Waals surface area contributed by atoms with Gasteiger partial charge in [0.25, 0.3) is 0 Å². The maximum absolute atomic E-state index is 13.6. The number of nitrogens with one attached hydrogen (secondary N) is 1. The lowest BCUT2D eigenvalue weighted by Crippen LogP contribution is -2.39. The number of aromatic nitrogens is 2. The molecule has 1 atom stereocenters. The molecule has 0 amide bonds. The van der Waals surface area contributed by atoms with E-state index in [0.29, 0.717) is 6.42 Å². The molecule has 2 heterocycles. The standard InChI is InChI=1S/C28H30N2O4/c1-27(2,3)34-26(32)30-16-14-18-17-19(12-13-23(18)30)28(25(31)33-4)15-8-7-10-21-20-9-5-6-11-22(20)29-24(21)28/h5-6,9,11-14,16-17,29H,7-8,10,15H2,1-4H3/t28-/m0/s1. The van der Waals surface area contributed by atoms with Gasteiger partial charge in [-0.15, -0.1) is 0 Å². The molecule has 176 valence electrons. The first kappa shape index (κ1) is 22.3. The molecule has 5 rings (SSSR count). The van der Waals surface area contributed by atoms with Crippen molar-refractivity contribution < 1.29 is 19.1 Å². The first-order chi connectivity index (χ1) is 16.2. The van der Waals surface area contributed by atoms with Crippen LogP contribution in [0.2, 0.25) is 0 Å². The number of ether oxygens (including phenoxy) is 2. The van der Waals surface area contributed by atoms with E-state index >= 15 is 0 Å². The van der Waals surface area contributed by atoms with Crippen LogP contribution in [-0.2, 0) is 26.1 Å². The Labute approximate surface area is 198 Å². The second-order valence-corrected chi connectivity index (χ2v) is 10.1. The third-order valence-electron chi connectivity index (χ3n) is 6.78. The summed E-state index contributed by atoms with van der Waals surface area (Å²) in [5.74, 6) is -0.270. The Hall–Kier alpha value is -3.54. The third kappa shape index (κ3) is 3.49. The molecule has 1 aliphatic carbocycles. The van der Waals surface area contributed by atoms with Crippen LogP contribution in [0, 0.1) is 0 Å².